The molecule has 0 amide bonds. The summed E-state index contributed by atoms with van der Waals surface area (Å²) in [4.78, 5) is 3.59. The molecule has 2 rings (SSSR count). The van der Waals surface area contributed by atoms with Gasteiger partial charge in [-0.3, -0.25) is 0 Å². The fourth-order valence-corrected chi connectivity index (χ4v) is 1.35. The van der Waals surface area contributed by atoms with Crippen molar-refractivity contribution >= 4 is 0 Å². The highest BCUT2D eigenvalue weighted by Gasteiger charge is 2.38. The second-order valence-corrected chi connectivity index (χ2v) is 3.82. The third kappa shape index (κ3) is 2.46. The Kier molecular flexibility index (Phi) is 2.78. The van der Waals surface area contributed by atoms with E-state index in [0.29, 0.717) is 12.1 Å². The van der Waals surface area contributed by atoms with Crippen LogP contribution >= 0.6 is 0 Å². The monoisotopic (exact) mass is 231 g/mol. The highest BCUT2D eigenvalue weighted by Crippen LogP contribution is 2.37. The minimum Gasteiger partial charge on any atom is -0.488 e. The molecule has 1 aliphatic carbocycles. The van der Waals surface area contributed by atoms with Crippen LogP contribution in [-0.4, -0.2) is 11.1 Å². The predicted molar refractivity (Wildman–Crippen MR) is 52.3 cm³/mol. The topological polar surface area (TPSA) is 22.1 Å². The van der Waals surface area contributed by atoms with Crippen LogP contribution < -0.4 is 4.74 Å². The Hall–Kier alpha value is -1.26. The number of hydrogen-bond donors (Lipinski definition) is 0. The van der Waals surface area contributed by atoms with Gasteiger partial charge in [0.05, 0.1) is 6.10 Å². The molecule has 1 aromatic rings. The van der Waals surface area contributed by atoms with E-state index >= 15 is 0 Å². The van der Waals surface area contributed by atoms with Crippen LogP contribution in [0.4, 0.5) is 13.2 Å². The molecule has 1 fully saturated rings. The summed E-state index contributed by atoms with van der Waals surface area (Å²) in [6.07, 6.45) is -2.38. The Labute approximate surface area is 91.4 Å². The summed E-state index contributed by atoms with van der Waals surface area (Å²) in [5.74, 6) is -0.146. The fourth-order valence-electron chi connectivity index (χ4n) is 1.35. The van der Waals surface area contributed by atoms with E-state index in [4.69, 9.17) is 4.74 Å². The quantitative estimate of drug-likeness (QED) is 0.796. The maximum atomic E-state index is 12.7. The van der Waals surface area contributed by atoms with Crippen molar-refractivity contribution in [3.8, 4) is 5.75 Å². The number of aromatic nitrogens is 1. The van der Waals surface area contributed by atoms with Crippen LogP contribution in [0.1, 0.15) is 31.2 Å². The number of hydrogen-bond acceptors (Lipinski definition) is 2. The Balaban J connectivity index is 2.33. The summed E-state index contributed by atoms with van der Waals surface area (Å²) in [6, 6.07) is 2.94. The Morgan fingerprint density at radius 2 is 2.06 bits per heavy atom. The van der Waals surface area contributed by atoms with Gasteiger partial charge in [-0.25, -0.2) is 4.98 Å². The molecule has 0 atom stereocenters. The average molecular weight is 231 g/mol. The van der Waals surface area contributed by atoms with Crippen molar-refractivity contribution in [2.24, 2.45) is 0 Å². The third-order valence-electron chi connectivity index (χ3n) is 2.36. The summed E-state index contributed by atoms with van der Waals surface area (Å²) in [7, 11) is 0. The van der Waals surface area contributed by atoms with Gasteiger partial charge in [-0.05, 0) is 31.4 Å². The van der Waals surface area contributed by atoms with Crippen molar-refractivity contribution < 1.29 is 17.9 Å². The van der Waals surface area contributed by atoms with Crippen LogP contribution in [-0.2, 0) is 12.6 Å². The van der Waals surface area contributed by atoms with Crippen molar-refractivity contribution in [2.45, 2.75) is 38.5 Å². The van der Waals surface area contributed by atoms with E-state index in [0.717, 1.165) is 12.8 Å². The van der Waals surface area contributed by atoms with Crippen LogP contribution in [0, 0.1) is 0 Å². The molecule has 2 nitrogen and oxygen atoms in total. The SMILES string of the molecule is CCc1ccc(OC2CC2)c(C(F)(F)F)n1. The lowest BCUT2D eigenvalue weighted by molar-refractivity contribution is -0.142. The molecule has 1 heterocycles. The summed E-state index contributed by atoms with van der Waals surface area (Å²) >= 11 is 0. The van der Waals surface area contributed by atoms with E-state index in [1.165, 1.54) is 6.07 Å². The van der Waals surface area contributed by atoms with Gasteiger partial charge in [-0.2, -0.15) is 13.2 Å². The van der Waals surface area contributed by atoms with Crippen LogP contribution in [0.5, 0.6) is 5.75 Å². The second-order valence-electron chi connectivity index (χ2n) is 3.82. The molecular weight excluding hydrogens is 219 g/mol. The van der Waals surface area contributed by atoms with E-state index in [2.05, 4.69) is 4.98 Å². The molecule has 1 saturated carbocycles. The van der Waals surface area contributed by atoms with Crippen molar-refractivity contribution in [3.05, 3.63) is 23.5 Å². The van der Waals surface area contributed by atoms with Gasteiger partial charge in [-0.1, -0.05) is 6.92 Å². The van der Waals surface area contributed by atoms with Crippen LogP contribution in [0.25, 0.3) is 0 Å². The number of pyridine rings is 1. The van der Waals surface area contributed by atoms with E-state index in [9.17, 15) is 13.2 Å². The lowest BCUT2D eigenvalue weighted by Gasteiger charge is -2.13. The number of alkyl halides is 3. The number of nitrogens with zero attached hydrogens (tertiary/aromatic N) is 1. The molecule has 0 unspecified atom stereocenters. The van der Waals surface area contributed by atoms with Crippen molar-refractivity contribution in [2.75, 3.05) is 0 Å². The molecule has 0 radical (unpaired) electrons. The molecule has 0 aromatic carbocycles. The summed E-state index contributed by atoms with van der Waals surface area (Å²) in [5, 5.41) is 0. The summed E-state index contributed by atoms with van der Waals surface area (Å²) < 4.78 is 43.3. The maximum Gasteiger partial charge on any atom is 0.437 e. The van der Waals surface area contributed by atoms with Gasteiger partial charge in [0, 0.05) is 5.69 Å². The van der Waals surface area contributed by atoms with E-state index in [1.54, 1.807) is 13.0 Å². The second kappa shape index (κ2) is 3.96. The first kappa shape index (κ1) is 11.2. The molecule has 0 aliphatic heterocycles. The highest BCUT2D eigenvalue weighted by atomic mass is 19.4. The molecule has 16 heavy (non-hydrogen) atoms. The Morgan fingerprint density at radius 3 is 2.56 bits per heavy atom. The lowest BCUT2D eigenvalue weighted by Crippen LogP contribution is -2.13. The Bertz CT molecular complexity index is 385. The van der Waals surface area contributed by atoms with Crippen LogP contribution in [0.15, 0.2) is 12.1 Å². The van der Waals surface area contributed by atoms with Gasteiger partial charge < -0.3 is 4.74 Å². The van der Waals surface area contributed by atoms with E-state index < -0.39 is 11.9 Å². The number of ether oxygens (including phenoxy) is 1. The third-order valence-corrected chi connectivity index (χ3v) is 2.36. The first-order valence-electron chi connectivity index (χ1n) is 5.24. The maximum absolute atomic E-state index is 12.7. The Morgan fingerprint density at radius 1 is 1.38 bits per heavy atom. The molecule has 5 heteroatoms. The molecule has 0 spiro atoms. The molecule has 1 aromatic heterocycles. The van der Waals surface area contributed by atoms with Crippen molar-refractivity contribution in [3.63, 3.8) is 0 Å². The van der Waals surface area contributed by atoms with E-state index in [1.807, 2.05) is 0 Å². The van der Waals surface area contributed by atoms with Gasteiger partial charge in [0.15, 0.2) is 11.4 Å². The van der Waals surface area contributed by atoms with Gasteiger partial charge in [0.25, 0.3) is 0 Å². The normalized spacial score (nSPS) is 16.2. The predicted octanol–water partition coefficient (Wildman–Crippen LogP) is 3.20. The zero-order valence-corrected chi connectivity index (χ0v) is 8.84. The van der Waals surface area contributed by atoms with Crippen LogP contribution in [0.3, 0.4) is 0 Å². The smallest absolute Gasteiger partial charge is 0.437 e. The number of aryl methyl sites for hydroxylation is 1. The molecular formula is C11H12F3NO. The molecule has 0 bridgehead atoms. The standard InChI is InChI=1S/C11H12F3NO/c1-2-7-3-6-9(16-8-4-5-8)10(15-7)11(12,13)14/h3,6,8H,2,4-5H2,1H3. The largest absolute Gasteiger partial charge is 0.488 e. The molecule has 88 valence electrons. The van der Waals surface area contributed by atoms with Gasteiger partial charge >= 0.3 is 6.18 Å². The zero-order chi connectivity index (χ0) is 11.8. The minimum absolute atomic E-state index is 0.0598. The van der Waals surface area contributed by atoms with Gasteiger partial charge in [0.2, 0.25) is 0 Å². The fraction of sp³-hybridized carbons (Fsp3) is 0.545. The highest BCUT2D eigenvalue weighted by molar-refractivity contribution is 5.32. The van der Waals surface area contributed by atoms with Gasteiger partial charge in [-0.15, -0.1) is 0 Å². The summed E-state index contributed by atoms with van der Waals surface area (Å²) in [5.41, 5.74) is -0.478. The minimum atomic E-state index is -4.45. The van der Waals surface area contributed by atoms with Crippen LogP contribution in [0.2, 0.25) is 0 Å². The first-order chi connectivity index (χ1) is 7.50. The number of rotatable bonds is 3. The van der Waals surface area contributed by atoms with E-state index in [-0.39, 0.29) is 11.9 Å². The molecule has 0 saturated heterocycles. The van der Waals surface area contributed by atoms with Crippen molar-refractivity contribution in [1.82, 2.24) is 4.98 Å². The molecule has 0 N–H and O–H groups in total. The van der Waals surface area contributed by atoms with Gasteiger partial charge in [0.1, 0.15) is 0 Å². The lowest BCUT2D eigenvalue weighted by atomic mass is 10.2. The van der Waals surface area contributed by atoms with Crippen molar-refractivity contribution in [1.29, 1.82) is 0 Å². The molecule has 1 aliphatic rings. The first-order valence-corrected chi connectivity index (χ1v) is 5.24. The summed E-state index contributed by atoms with van der Waals surface area (Å²) in [6.45, 7) is 1.77. The number of halogens is 3. The average Bonchev–Trinajstić information content (AvgIpc) is 3.01. The zero-order valence-electron chi connectivity index (χ0n) is 8.84.